The normalized spacial score (nSPS) is 12.8. The van der Waals surface area contributed by atoms with Gasteiger partial charge in [0.15, 0.2) is 0 Å². The number of nitrogens with two attached hydrogens (primary N) is 1. The van der Waals surface area contributed by atoms with Crippen molar-refractivity contribution in [1.29, 1.82) is 0 Å². The van der Waals surface area contributed by atoms with Gasteiger partial charge in [-0.05, 0) is 12.8 Å². The molecule has 3 N–H and O–H groups in total. The average molecular weight is 257 g/mol. The second kappa shape index (κ2) is 12.6. The van der Waals surface area contributed by atoms with Crippen molar-refractivity contribution < 1.29 is 14.6 Å². The molecule has 0 bridgehead atoms. The van der Waals surface area contributed by atoms with Crippen molar-refractivity contribution in [1.82, 2.24) is 0 Å². The molecule has 0 aromatic rings. The van der Waals surface area contributed by atoms with Gasteiger partial charge in [0.05, 0.1) is 6.61 Å². The van der Waals surface area contributed by atoms with Crippen molar-refractivity contribution in [2.75, 3.05) is 13.2 Å². The largest absolute Gasteiger partial charge is 0.464 e. The number of hydrogen-bond acceptors (Lipinski definition) is 4. The molecule has 0 rings (SSSR count). The second-order valence-corrected chi connectivity index (χ2v) is 4.40. The van der Waals surface area contributed by atoms with E-state index in [0.717, 1.165) is 12.8 Å². The van der Waals surface area contributed by atoms with Crippen molar-refractivity contribution in [3.8, 4) is 0 Å². The summed E-state index contributed by atoms with van der Waals surface area (Å²) in [4.78, 5) is 11.4. The molecule has 0 radical (unpaired) electrons. The van der Waals surface area contributed by atoms with Gasteiger partial charge < -0.3 is 15.6 Å². The molecule has 1 atom stereocenters. The van der Waals surface area contributed by atoms with Crippen LogP contribution in [0.4, 0.5) is 0 Å². The highest BCUT2D eigenvalue weighted by Crippen LogP contribution is 2.05. The molecule has 1 unspecified atom stereocenters. The molecule has 0 saturated carbocycles. The first kappa shape index (κ1) is 17.1. The minimum atomic E-state index is -0.711. The van der Waals surface area contributed by atoms with Gasteiger partial charge >= 0.3 is 5.97 Å². The standard InChI is InChI=1S/C14H27NO3/c1-2-3-4-5-6-9-12-18-14(17)13(15)10-7-8-11-16/h7,10,13,16H,2-6,8-9,11-12,15H2,1H3/b10-7-. The van der Waals surface area contributed by atoms with Gasteiger partial charge in [-0.25, -0.2) is 0 Å². The lowest BCUT2D eigenvalue weighted by molar-refractivity contribution is -0.144. The molecule has 0 aliphatic carbocycles. The minimum absolute atomic E-state index is 0.0655. The van der Waals surface area contributed by atoms with Gasteiger partial charge in [-0.3, -0.25) is 4.79 Å². The molecule has 0 aliphatic heterocycles. The quantitative estimate of drug-likeness (QED) is 0.338. The van der Waals surface area contributed by atoms with Crippen molar-refractivity contribution in [2.45, 2.75) is 57.9 Å². The van der Waals surface area contributed by atoms with Crippen LogP contribution < -0.4 is 5.73 Å². The Kier molecular flexibility index (Phi) is 12.0. The lowest BCUT2D eigenvalue weighted by Crippen LogP contribution is -2.30. The number of hydrogen-bond donors (Lipinski definition) is 2. The van der Waals surface area contributed by atoms with Crippen molar-refractivity contribution in [2.24, 2.45) is 5.73 Å². The smallest absolute Gasteiger partial charge is 0.326 e. The van der Waals surface area contributed by atoms with Gasteiger partial charge in [0.25, 0.3) is 0 Å². The summed E-state index contributed by atoms with van der Waals surface area (Å²) >= 11 is 0. The molecule has 18 heavy (non-hydrogen) atoms. The highest BCUT2D eigenvalue weighted by atomic mass is 16.5. The number of aliphatic hydroxyl groups excluding tert-OH is 1. The molecule has 0 fully saturated rings. The number of carbonyl (C=O) groups excluding carboxylic acids is 1. The third kappa shape index (κ3) is 10.3. The molecule has 0 heterocycles. The van der Waals surface area contributed by atoms with Gasteiger partial charge in [0.2, 0.25) is 0 Å². The van der Waals surface area contributed by atoms with Crippen LogP contribution in [0.5, 0.6) is 0 Å². The SMILES string of the molecule is CCCCCCCCOC(=O)C(N)/C=C\CCO. The van der Waals surface area contributed by atoms with Crippen molar-refractivity contribution in [3.05, 3.63) is 12.2 Å². The van der Waals surface area contributed by atoms with Crippen LogP contribution in [0.3, 0.4) is 0 Å². The molecule has 0 spiro atoms. The van der Waals surface area contributed by atoms with Crippen LogP contribution in [-0.2, 0) is 9.53 Å². The molecule has 0 aromatic heterocycles. The molecule has 4 nitrogen and oxygen atoms in total. The Hall–Kier alpha value is -0.870. The van der Waals surface area contributed by atoms with Crippen LogP contribution in [0.25, 0.3) is 0 Å². The number of esters is 1. The molecule has 0 aromatic carbocycles. The van der Waals surface area contributed by atoms with E-state index in [1.807, 2.05) is 0 Å². The van der Waals surface area contributed by atoms with Crippen LogP contribution >= 0.6 is 0 Å². The van der Waals surface area contributed by atoms with Gasteiger partial charge in [0.1, 0.15) is 6.04 Å². The highest BCUT2D eigenvalue weighted by Gasteiger charge is 2.10. The lowest BCUT2D eigenvalue weighted by atomic mass is 10.1. The molecular formula is C14H27NO3. The Morgan fingerprint density at radius 1 is 1.28 bits per heavy atom. The van der Waals surface area contributed by atoms with Crippen LogP contribution in [0.1, 0.15) is 51.9 Å². The van der Waals surface area contributed by atoms with Gasteiger partial charge in [-0.2, -0.15) is 0 Å². The maximum Gasteiger partial charge on any atom is 0.326 e. The van der Waals surface area contributed by atoms with E-state index in [2.05, 4.69) is 6.92 Å². The molecule has 4 heteroatoms. The van der Waals surface area contributed by atoms with Gasteiger partial charge in [-0.15, -0.1) is 0 Å². The Balaban J connectivity index is 3.46. The average Bonchev–Trinajstić information content (AvgIpc) is 2.37. The Bertz CT molecular complexity index is 229. The first-order valence-corrected chi connectivity index (χ1v) is 6.92. The zero-order chi connectivity index (χ0) is 13.6. The lowest BCUT2D eigenvalue weighted by Gasteiger charge is -2.07. The molecule has 0 saturated heterocycles. The Labute approximate surface area is 110 Å². The summed E-state index contributed by atoms with van der Waals surface area (Å²) in [5.74, 6) is -0.391. The first-order valence-electron chi connectivity index (χ1n) is 6.92. The Morgan fingerprint density at radius 2 is 1.94 bits per heavy atom. The second-order valence-electron chi connectivity index (χ2n) is 4.40. The van der Waals surface area contributed by atoms with Crippen molar-refractivity contribution >= 4 is 5.97 Å². The summed E-state index contributed by atoms with van der Waals surface area (Å²) in [5, 5.41) is 8.57. The van der Waals surface area contributed by atoms with E-state index in [1.54, 1.807) is 12.2 Å². The molecule has 0 aliphatic rings. The topological polar surface area (TPSA) is 72.5 Å². The van der Waals surface area contributed by atoms with Gasteiger partial charge in [0, 0.05) is 6.61 Å². The fourth-order valence-electron chi connectivity index (χ4n) is 1.55. The zero-order valence-electron chi connectivity index (χ0n) is 11.4. The van der Waals surface area contributed by atoms with E-state index in [4.69, 9.17) is 15.6 Å². The number of aliphatic hydroxyl groups is 1. The Morgan fingerprint density at radius 3 is 2.61 bits per heavy atom. The van der Waals surface area contributed by atoms with E-state index in [0.29, 0.717) is 13.0 Å². The maximum atomic E-state index is 11.4. The number of rotatable bonds is 11. The molecular weight excluding hydrogens is 230 g/mol. The fraction of sp³-hybridized carbons (Fsp3) is 0.786. The fourth-order valence-corrected chi connectivity index (χ4v) is 1.55. The van der Waals surface area contributed by atoms with Crippen LogP contribution in [-0.4, -0.2) is 30.3 Å². The first-order chi connectivity index (χ1) is 8.72. The summed E-state index contributed by atoms with van der Waals surface area (Å²) in [7, 11) is 0. The third-order valence-electron chi connectivity index (χ3n) is 2.65. The van der Waals surface area contributed by atoms with E-state index in [1.165, 1.54) is 25.7 Å². The number of unbranched alkanes of at least 4 members (excludes halogenated alkanes) is 5. The minimum Gasteiger partial charge on any atom is -0.464 e. The van der Waals surface area contributed by atoms with Gasteiger partial charge in [-0.1, -0.05) is 51.2 Å². The molecule has 0 amide bonds. The van der Waals surface area contributed by atoms with Crippen LogP contribution in [0.15, 0.2) is 12.2 Å². The summed E-state index contributed by atoms with van der Waals surface area (Å²) in [6.45, 7) is 2.70. The molecule has 106 valence electrons. The van der Waals surface area contributed by atoms with Crippen LogP contribution in [0, 0.1) is 0 Å². The monoisotopic (exact) mass is 257 g/mol. The number of carbonyl (C=O) groups is 1. The maximum absolute atomic E-state index is 11.4. The summed E-state index contributed by atoms with van der Waals surface area (Å²) in [6, 6.07) is -0.711. The zero-order valence-corrected chi connectivity index (χ0v) is 11.4. The third-order valence-corrected chi connectivity index (χ3v) is 2.65. The summed E-state index contributed by atoms with van der Waals surface area (Å²) in [5.41, 5.74) is 5.60. The summed E-state index contributed by atoms with van der Waals surface area (Å²) in [6.07, 6.45) is 10.8. The summed E-state index contributed by atoms with van der Waals surface area (Å²) < 4.78 is 5.06. The van der Waals surface area contributed by atoms with E-state index in [-0.39, 0.29) is 6.61 Å². The highest BCUT2D eigenvalue weighted by molar-refractivity contribution is 5.77. The number of ether oxygens (including phenoxy) is 1. The van der Waals surface area contributed by atoms with E-state index >= 15 is 0 Å². The predicted octanol–water partition coefficient (Wildman–Crippen LogP) is 2.16. The predicted molar refractivity (Wildman–Crippen MR) is 73.2 cm³/mol. The van der Waals surface area contributed by atoms with E-state index in [9.17, 15) is 4.79 Å². The van der Waals surface area contributed by atoms with Crippen LogP contribution in [0.2, 0.25) is 0 Å². The van der Waals surface area contributed by atoms with E-state index < -0.39 is 12.0 Å². The van der Waals surface area contributed by atoms with Crippen molar-refractivity contribution in [3.63, 3.8) is 0 Å².